The number of aliphatic imine (C=N–C) groups is 1. The average molecular weight is 436 g/mol. The van der Waals surface area contributed by atoms with Crippen molar-refractivity contribution in [3.8, 4) is 0 Å². The molecule has 0 aliphatic heterocycles. The predicted molar refractivity (Wildman–Crippen MR) is 105 cm³/mol. The molecule has 1 amide bonds. The number of thioether (sulfide) groups is 1. The maximum Gasteiger partial charge on any atom is 0.216 e. The summed E-state index contributed by atoms with van der Waals surface area (Å²) in [6, 6.07) is 10.3. The summed E-state index contributed by atoms with van der Waals surface area (Å²) in [4.78, 5) is 16.4. The Kier molecular flexibility index (Phi) is 13.1. The summed E-state index contributed by atoms with van der Waals surface area (Å²) < 4.78 is 0. The van der Waals surface area contributed by atoms with E-state index in [1.54, 1.807) is 0 Å². The molecular formula is C15H25IN4OS. The lowest BCUT2D eigenvalue weighted by Crippen LogP contribution is -2.39. The molecule has 7 heteroatoms. The average Bonchev–Trinajstić information content (AvgIpc) is 2.48. The Bertz CT molecular complexity index is 442. The second-order valence-corrected chi connectivity index (χ2v) is 5.50. The Morgan fingerprint density at radius 3 is 2.50 bits per heavy atom. The van der Waals surface area contributed by atoms with Gasteiger partial charge in [0.25, 0.3) is 0 Å². The highest BCUT2D eigenvalue weighted by Gasteiger charge is 1.97. The third-order valence-electron chi connectivity index (χ3n) is 2.51. The van der Waals surface area contributed by atoms with Crippen molar-refractivity contribution in [2.45, 2.75) is 18.7 Å². The second kappa shape index (κ2) is 13.7. The van der Waals surface area contributed by atoms with Gasteiger partial charge in [0.05, 0.1) is 6.54 Å². The molecule has 1 rings (SSSR count). The fraction of sp³-hybridized carbons (Fsp3) is 0.467. The monoisotopic (exact) mass is 436 g/mol. The number of hydrogen-bond donors (Lipinski definition) is 3. The number of benzene rings is 1. The minimum absolute atomic E-state index is 0. The number of nitrogens with one attached hydrogen (secondary N) is 3. The summed E-state index contributed by atoms with van der Waals surface area (Å²) in [5.41, 5.74) is 0. The highest BCUT2D eigenvalue weighted by molar-refractivity contribution is 14.0. The van der Waals surface area contributed by atoms with E-state index in [0.717, 1.165) is 24.8 Å². The molecule has 1 aromatic rings. The molecule has 0 fully saturated rings. The van der Waals surface area contributed by atoms with Crippen LogP contribution >= 0.6 is 35.7 Å². The Morgan fingerprint density at radius 1 is 1.14 bits per heavy atom. The largest absolute Gasteiger partial charge is 0.357 e. The van der Waals surface area contributed by atoms with Crippen LogP contribution in [0.5, 0.6) is 0 Å². The third-order valence-corrected chi connectivity index (χ3v) is 3.52. The molecular weight excluding hydrogens is 411 g/mol. The quantitative estimate of drug-likeness (QED) is 0.192. The molecule has 1 aromatic carbocycles. The van der Waals surface area contributed by atoms with Crippen molar-refractivity contribution in [1.82, 2.24) is 16.0 Å². The topological polar surface area (TPSA) is 65.5 Å². The first kappa shape index (κ1) is 21.0. The van der Waals surface area contributed by atoms with Gasteiger partial charge in [-0.15, -0.1) is 35.7 Å². The third kappa shape index (κ3) is 10.7. The maximum absolute atomic E-state index is 10.8. The molecule has 0 aromatic heterocycles. The standard InChI is InChI=1S/C15H24N4OS.HI/c1-3-16-15(18-10-9-17-13(2)20)19-11-12-21-14-7-5-4-6-8-14;/h4-8H,3,9-12H2,1-2H3,(H,17,20)(H2,16,18,19);1H. The van der Waals surface area contributed by atoms with Gasteiger partial charge in [-0.25, -0.2) is 0 Å². The lowest BCUT2D eigenvalue weighted by Gasteiger charge is -2.11. The fourth-order valence-electron chi connectivity index (χ4n) is 1.60. The summed E-state index contributed by atoms with van der Waals surface area (Å²) in [5, 5.41) is 9.20. The van der Waals surface area contributed by atoms with Gasteiger partial charge >= 0.3 is 0 Å². The van der Waals surface area contributed by atoms with Crippen LogP contribution in [-0.4, -0.2) is 43.8 Å². The van der Waals surface area contributed by atoms with Gasteiger partial charge in [0.2, 0.25) is 5.91 Å². The van der Waals surface area contributed by atoms with Crippen molar-refractivity contribution in [3.63, 3.8) is 0 Å². The number of rotatable bonds is 8. The predicted octanol–water partition coefficient (Wildman–Crippen LogP) is 2.09. The van der Waals surface area contributed by atoms with Crippen LogP contribution in [0.4, 0.5) is 0 Å². The molecule has 0 atom stereocenters. The maximum atomic E-state index is 10.8. The molecule has 0 bridgehead atoms. The molecule has 0 spiro atoms. The molecule has 0 aliphatic carbocycles. The summed E-state index contributed by atoms with van der Waals surface area (Å²) in [5.74, 6) is 1.74. The fourth-order valence-corrected chi connectivity index (χ4v) is 2.39. The summed E-state index contributed by atoms with van der Waals surface area (Å²) in [7, 11) is 0. The van der Waals surface area contributed by atoms with Gasteiger partial charge in [-0.3, -0.25) is 9.79 Å². The van der Waals surface area contributed by atoms with Crippen molar-refractivity contribution in [1.29, 1.82) is 0 Å². The van der Waals surface area contributed by atoms with Crippen LogP contribution in [0.15, 0.2) is 40.2 Å². The van der Waals surface area contributed by atoms with Gasteiger partial charge in [-0.2, -0.15) is 0 Å². The summed E-state index contributed by atoms with van der Waals surface area (Å²) in [6.07, 6.45) is 0. The molecule has 0 aliphatic rings. The first-order valence-corrected chi connectivity index (χ1v) is 8.15. The molecule has 0 heterocycles. The van der Waals surface area contributed by atoms with Crippen LogP contribution in [0.25, 0.3) is 0 Å². The highest BCUT2D eigenvalue weighted by atomic mass is 127. The Labute approximate surface area is 154 Å². The minimum atomic E-state index is -0.0255. The van der Waals surface area contributed by atoms with E-state index in [-0.39, 0.29) is 29.9 Å². The van der Waals surface area contributed by atoms with E-state index in [1.807, 2.05) is 36.9 Å². The number of guanidine groups is 1. The van der Waals surface area contributed by atoms with Crippen LogP contribution in [0.1, 0.15) is 13.8 Å². The molecule has 0 unspecified atom stereocenters. The van der Waals surface area contributed by atoms with Crippen LogP contribution in [0.2, 0.25) is 0 Å². The molecule has 5 nitrogen and oxygen atoms in total. The van der Waals surface area contributed by atoms with Gasteiger partial charge in [0, 0.05) is 37.2 Å². The Hall–Kier alpha value is -0.960. The van der Waals surface area contributed by atoms with Crippen molar-refractivity contribution < 1.29 is 4.79 Å². The number of halogens is 1. The van der Waals surface area contributed by atoms with Gasteiger partial charge in [-0.05, 0) is 19.1 Å². The van der Waals surface area contributed by atoms with Crippen LogP contribution in [-0.2, 0) is 4.79 Å². The molecule has 0 saturated heterocycles. The highest BCUT2D eigenvalue weighted by Crippen LogP contribution is 2.15. The molecule has 0 radical (unpaired) electrons. The summed E-state index contributed by atoms with van der Waals surface area (Å²) >= 11 is 1.81. The van der Waals surface area contributed by atoms with Crippen molar-refractivity contribution in [2.75, 3.05) is 31.9 Å². The lowest BCUT2D eigenvalue weighted by molar-refractivity contribution is -0.118. The number of carbonyl (C=O) groups is 1. The molecule has 0 saturated carbocycles. The van der Waals surface area contributed by atoms with E-state index in [2.05, 4.69) is 33.1 Å². The summed E-state index contributed by atoms with van der Waals surface area (Å²) in [6.45, 7) is 6.33. The van der Waals surface area contributed by atoms with Gasteiger partial charge < -0.3 is 16.0 Å². The van der Waals surface area contributed by atoms with E-state index in [1.165, 1.54) is 11.8 Å². The lowest BCUT2D eigenvalue weighted by atomic mass is 10.4. The van der Waals surface area contributed by atoms with Crippen molar-refractivity contribution >= 4 is 47.6 Å². The minimum Gasteiger partial charge on any atom is -0.357 e. The number of amides is 1. The SMILES string of the molecule is CCNC(=NCCNC(C)=O)NCCSc1ccccc1.I. The Morgan fingerprint density at radius 2 is 1.86 bits per heavy atom. The van der Waals surface area contributed by atoms with Gasteiger partial charge in [0.1, 0.15) is 0 Å². The van der Waals surface area contributed by atoms with E-state index >= 15 is 0 Å². The van der Waals surface area contributed by atoms with E-state index in [9.17, 15) is 4.79 Å². The Balaban J connectivity index is 0.00000441. The normalized spacial score (nSPS) is 10.5. The number of hydrogen-bond acceptors (Lipinski definition) is 3. The van der Waals surface area contributed by atoms with Gasteiger partial charge in [0.15, 0.2) is 5.96 Å². The first-order valence-electron chi connectivity index (χ1n) is 7.17. The molecule has 3 N–H and O–H groups in total. The van der Waals surface area contributed by atoms with Crippen molar-refractivity contribution in [2.24, 2.45) is 4.99 Å². The second-order valence-electron chi connectivity index (χ2n) is 4.33. The van der Waals surface area contributed by atoms with E-state index in [4.69, 9.17) is 0 Å². The zero-order valence-electron chi connectivity index (χ0n) is 13.1. The molecule has 124 valence electrons. The zero-order chi connectivity index (χ0) is 15.3. The van der Waals surface area contributed by atoms with Crippen LogP contribution < -0.4 is 16.0 Å². The van der Waals surface area contributed by atoms with E-state index < -0.39 is 0 Å². The zero-order valence-corrected chi connectivity index (χ0v) is 16.2. The van der Waals surface area contributed by atoms with Crippen LogP contribution in [0, 0.1) is 0 Å². The van der Waals surface area contributed by atoms with E-state index in [0.29, 0.717) is 13.1 Å². The van der Waals surface area contributed by atoms with Crippen LogP contribution in [0.3, 0.4) is 0 Å². The smallest absolute Gasteiger partial charge is 0.216 e. The van der Waals surface area contributed by atoms with Crippen molar-refractivity contribution in [3.05, 3.63) is 30.3 Å². The molecule has 22 heavy (non-hydrogen) atoms. The first-order chi connectivity index (χ1) is 10.2. The van der Waals surface area contributed by atoms with Gasteiger partial charge in [-0.1, -0.05) is 18.2 Å². The number of carbonyl (C=O) groups excluding carboxylic acids is 1. The number of nitrogens with zero attached hydrogens (tertiary/aromatic N) is 1.